The van der Waals surface area contributed by atoms with Crippen molar-refractivity contribution >= 4 is 44.4 Å². The van der Waals surface area contributed by atoms with E-state index in [9.17, 15) is 4.21 Å². The number of nitrogens with zero attached hydrogens (tertiary/aromatic N) is 4. The summed E-state index contributed by atoms with van der Waals surface area (Å²) in [5, 5.41) is 4.48. The van der Waals surface area contributed by atoms with E-state index < -0.39 is 10.8 Å². The van der Waals surface area contributed by atoms with E-state index in [2.05, 4.69) is 40.2 Å². The summed E-state index contributed by atoms with van der Waals surface area (Å²) >= 11 is 0. The lowest BCUT2D eigenvalue weighted by Crippen LogP contribution is -2.36. The third kappa shape index (κ3) is 3.40. The van der Waals surface area contributed by atoms with Crippen molar-refractivity contribution in [2.24, 2.45) is 9.98 Å². The second-order valence-electron chi connectivity index (χ2n) is 9.54. The Labute approximate surface area is 226 Å². The zero-order valence-corrected chi connectivity index (χ0v) is 21.5. The molecule has 1 N–H and O–H groups in total. The lowest BCUT2D eigenvalue weighted by molar-refractivity contribution is 0.682. The smallest absolute Gasteiger partial charge is 0.169 e. The molecule has 2 unspecified atom stereocenters. The summed E-state index contributed by atoms with van der Waals surface area (Å²) in [5.41, 5.74) is 6.64. The van der Waals surface area contributed by atoms with Crippen LogP contribution in [0.2, 0.25) is 0 Å². The molecule has 0 bridgehead atoms. The third-order valence-electron chi connectivity index (χ3n) is 7.27. The van der Waals surface area contributed by atoms with Crippen LogP contribution < -0.4 is 5.32 Å². The average molecular weight is 524 g/mol. The molecule has 0 saturated heterocycles. The first-order valence-electron chi connectivity index (χ1n) is 12.7. The number of aromatic nitrogens is 2. The number of nitrogens with one attached hydrogen (secondary N) is 1. The van der Waals surface area contributed by atoms with Gasteiger partial charge in [0, 0.05) is 22.7 Å². The normalized spacial score (nSPS) is 17.8. The molecule has 2 aliphatic rings. The maximum atomic E-state index is 13.5. The fourth-order valence-electron chi connectivity index (χ4n) is 5.47. The molecule has 0 saturated carbocycles. The lowest BCUT2D eigenvalue weighted by atomic mass is 10.1. The van der Waals surface area contributed by atoms with Crippen LogP contribution in [-0.4, -0.2) is 25.4 Å². The number of hydrogen-bond acceptors (Lipinski definition) is 5. The van der Waals surface area contributed by atoms with Crippen molar-refractivity contribution in [3.8, 4) is 5.69 Å². The molecule has 0 aliphatic carbocycles. The summed E-state index contributed by atoms with van der Waals surface area (Å²) in [7, 11) is -1.26. The van der Waals surface area contributed by atoms with Gasteiger partial charge in [-0.05, 0) is 42.0 Å². The largest absolute Gasteiger partial charge is 0.324 e. The Morgan fingerprint density at radius 3 is 2.26 bits per heavy atom. The minimum atomic E-state index is -1.26. The highest BCUT2D eigenvalue weighted by Gasteiger charge is 2.28. The van der Waals surface area contributed by atoms with Crippen LogP contribution in [-0.2, 0) is 10.8 Å². The lowest BCUT2D eigenvalue weighted by Gasteiger charge is -2.22. The third-order valence-corrected chi connectivity index (χ3v) is 8.74. The predicted molar refractivity (Wildman–Crippen MR) is 155 cm³/mol. The number of pyridine rings is 1. The maximum Gasteiger partial charge on any atom is 0.169 e. The van der Waals surface area contributed by atoms with Crippen molar-refractivity contribution < 1.29 is 4.21 Å². The zero-order valence-electron chi connectivity index (χ0n) is 20.7. The van der Waals surface area contributed by atoms with Crippen molar-refractivity contribution in [3.63, 3.8) is 0 Å². The van der Waals surface area contributed by atoms with Crippen LogP contribution >= 0.6 is 0 Å². The van der Waals surface area contributed by atoms with Gasteiger partial charge in [0.25, 0.3) is 0 Å². The molecule has 7 heteroatoms. The van der Waals surface area contributed by atoms with Crippen LogP contribution in [0.15, 0.2) is 135 Å². The van der Waals surface area contributed by atoms with Crippen LogP contribution in [0.5, 0.6) is 0 Å². The Hall–Kier alpha value is -4.88. The Balaban J connectivity index is 1.33. The number of fused-ring (bicyclic) bond motifs is 5. The topological polar surface area (TPSA) is 71.6 Å². The van der Waals surface area contributed by atoms with E-state index in [0.29, 0.717) is 0 Å². The summed E-state index contributed by atoms with van der Waals surface area (Å²) < 4.78 is 15.6. The minimum Gasteiger partial charge on any atom is -0.324 e. The van der Waals surface area contributed by atoms with Gasteiger partial charge in [0.05, 0.1) is 42.8 Å². The average Bonchev–Trinajstić information content (AvgIpc) is 3.35. The molecule has 0 spiro atoms. The first-order valence-corrected chi connectivity index (χ1v) is 13.9. The standard InChI is InChI=1S/C32H21N5OS/c38-39-26-14-8-7-13-25(26)37-24-16-15-22(19-23(24)28-29(37)27(39)17-18-33-28)32-35-30(20-9-3-1-4-10-20)34-31(36-32)21-11-5-2-6-12-21/h1-19,30H,(H,34,35,36). The molecule has 4 aromatic carbocycles. The van der Waals surface area contributed by atoms with Gasteiger partial charge in [0.1, 0.15) is 11.7 Å². The number of benzene rings is 4. The van der Waals surface area contributed by atoms with Gasteiger partial charge < -0.3 is 9.88 Å². The van der Waals surface area contributed by atoms with E-state index in [1.807, 2.05) is 78.9 Å². The van der Waals surface area contributed by atoms with Gasteiger partial charge in [-0.1, -0.05) is 72.8 Å². The highest BCUT2D eigenvalue weighted by molar-refractivity contribution is 7.85. The van der Waals surface area contributed by atoms with Gasteiger partial charge in [-0.15, -0.1) is 0 Å². The summed E-state index contributed by atoms with van der Waals surface area (Å²) in [5.74, 6) is 1.52. The van der Waals surface area contributed by atoms with Crippen molar-refractivity contribution in [1.82, 2.24) is 14.9 Å². The van der Waals surface area contributed by atoms with Crippen molar-refractivity contribution in [2.45, 2.75) is 16.0 Å². The van der Waals surface area contributed by atoms with Crippen molar-refractivity contribution in [3.05, 3.63) is 132 Å². The van der Waals surface area contributed by atoms with Gasteiger partial charge in [0.15, 0.2) is 6.17 Å². The highest BCUT2D eigenvalue weighted by Crippen LogP contribution is 2.41. The Morgan fingerprint density at radius 1 is 0.718 bits per heavy atom. The SMILES string of the molecule is O=S1c2ccccc2-n2c3ccc(C4=NC(c5ccccc5)N=C(c5ccccc5)N4)cc3c3nccc1c32. The maximum absolute atomic E-state index is 13.5. The van der Waals surface area contributed by atoms with Gasteiger partial charge in [-0.3, -0.25) is 4.98 Å². The molecule has 39 heavy (non-hydrogen) atoms. The summed E-state index contributed by atoms with van der Waals surface area (Å²) in [6.45, 7) is 0. The van der Waals surface area contributed by atoms with E-state index in [0.717, 1.165) is 65.8 Å². The molecule has 4 heterocycles. The monoisotopic (exact) mass is 523 g/mol. The predicted octanol–water partition coefficient (Wildman–Crippen LogP) is 6.15. The molecule has 0 radical (unpaired) electrons. The van der Waals surface area contributed by atoms with Crippen molar-refractivity contribution in [1.29, 1.82) is 0 Å². The van der Waals surface area contributed by atoms with Gasteiger partial charge in [0.2, 0.25) is 0 Å². The summed E-state index contributed by atoms with van der Waals surface area (Å²) in [4.78, 5) is 16.3. The molecule has 2 aliphatic heterocycles. The van der Waals surface area contributed by atoms with Crippen LogP contribution in [0.3, 0.4) is 0 Å². The molecule has 0 fully saturated rings. The number of para-hydroxylation sites is 1. The van der Waals surface area contributed by atoms with E-state index in [-0.39, 0.29) is 6.17 Å². The Kier molecular flexibility index (Phi) is 4.87. The van der Waals surface area contributed by atoms with Crippen LogP contribution in [0, 0.1) is 0 Å². The van der Waals surface area contributed by atoms with E-state index in [4.69, 9.17) is 15.0 Å². The number of hydrogen-bond donors (Lipinski definition) is 1. The fourth-order valence-corrected chi connectivity index (χ4v) is 6.81. The number of amidine groups is 2. The van der Waals surface area contributed by atoms with E-state index >= 15 is 0 Å². The van der Waals surface area contributed by atoms with Crippen molar-refractivity contribution in [2.75, 3.05) is 0 Å². The molecule has 6 aromatic rings. The molecule has 6 nitrogen and oxygen atoms in total. The molecular weight excluding hydrogens is 502 g/mol. The van der Waals surface area contributed by atoms with E-state index in [1.165, 1.54) is 0 Å². The van der Waals surface area contributed by atoms with Gasteiger partial charge in [-0.25, -0.2) is 14.2 Å². The minimum absolute atomic E-state index is 0.365. The highest BCUT2D eigenvalue weighted by atomic mass is 32.2. The van der Waals surface area contributed by atoms with E-state index in [1.54, 1.807) is 6.20 Å². The van der Waals surface area contributed by atoms with Crippen LogP contribution in [0.25, 0.3) is 27.6 Å². The second kappa shape index (κ2) is 8.58. The Morgan fingerprint density at radius 2 is 1.44 bits per heavy atom. The first-order chi connectivity index (χ1) is 19.3. The molecule has 186 valence electrons. The van der Waals surface area contributed by atoms with Gasteiger partial charge in [-0.2, -0.15) is 0 Å². The summed E-state index contributed by atoms with van der Waals surface area (Å²) in [6.07, 6.45) is 1.39. The first kappa shape index (κ1) is 22.1. The quantitative estimate of drug-likeness (QED) is 0.302. The molecule has 2 aromatic heterocycles. The number of rotatable bonds is 3. The van der Waals surface area contributed by atoms with Crippen LogP contribution in [0.1, 0.15) is 22.9 Å². The second-order valence-corrected chi connectivity index (χ2v) is 11.0. The summed E-state index contributed by atoms with van der Waals surface area (Å²) in [6, 6.07) is 36.3. The molecule has 8 rings (SSSR count). The van der Waals surface area contributed by atoms with Gasteiger partial charge >= 0.3 is 0 Å². The molecule has 2 atom stereocenters. The zero-order chi connectivity index (χ0) is 25.9. The molecule has 0 amide bonds. The molecular formula is C32H21N5OS. The Bertz CT molecular complexity index is 2010. The fraction of sp³-hybridized carbons (Fsp3) is 0.0312. The number of aliphatic imine (C=N–C) groups is 2. The van der Waals surface area contributed by atoms with Crippen LogP contribution in [0.4, 0.5) is 0 Å².